The summed E-state index contributed by atoms with van der Waals surface area (Å²) in [6.45, 7) is 1.58. The van der Waals surface area contributed by atoms with Crippen molar-refractivity contribution in [1.29, 1.82) is 0 Å². The maximum absolute atomic E-state index is 13.6. The zero-order valence-electron chi connectivity index (χ0n) is 22.5. The van der Waals surface area contributed by atoms with Crippen LogP contribution in [-0.2, 0) is 20.9 Å². The molecular weight excluding hydrogens is 506 g/mol. The number of nitrogens with zero attached hydrogens (tertiary/aromatic N) is 2. The Balaban J connectivity index is 1.14. The molecule has 1 saturated heterocycles. The van der Waals surface area contributed by atoms with Crippen LogP contribution in [0.5, 0.6) is 0 Å². The number of fused-ring (bicyclic) bond motifs is 4. The van der Waals surface area contributed by atoms with Crippen LogP contribution in [0.3, 0.4) is 0 Å². The van der Waals surface area contributed by atoms with Crippen molar-refractivity contribution in [3.63, 3.8) is 0 Å². The lowest BCUT2D eigenvalue weighted by Crippen LogP contribution is -2.53. The number of carboxylic acid groups (broad SMARTS) is 1. The van der Waals surface area contributed by atoms with Crippen molar-refractivity contribution in [2.24, 2.45) is 11.3 Å². The zero-order chi connectivity index (χ0) is 27.9. The van der Waals surface area contributed by atoms with Crippen LogP contribution in [0.15, 0.2) is 78.9 Å². The Morgan fingerprint density at radius 2 is 1.62 bits per heavy atom. The highest BCUT2D eigenvalue weighted by Crippen LogP contribution is 2.58. The molecule has 3 atom stereocenters. The van der Waals surface area contributed by atoms with Gasteiger partial charge in [0, 0.05) is 32.1 Å². The number of piperidine rings is 1. The normalized spacial score (nSPS) is 21.4. The molecule has 0 spiro atoms. The number of amides is 2. The molecule has 40 heavy (non-hydrogen) atoms. The van der Waals surface area contributed by atoms with Gasteiger partial charge in [-0.3, -0.25) is 14.5 Å². The van der Waals surface area contributed by atoms with Crippen LogP contribution in [0.2, 0.25) is 0 Å². The highest BCUT2D eigenvalue weighted by molar-refractivity contribution is 5.89. The number of carbonyl (C=O) groups is 3. The van der Waals surface area contributed by atoms with Crippen molar-refractivity contribution in [3.8, 4) is 11.1 Å². The monoisotopic (exact) mass is 539 g/mol. The summed E-state index contributed by atoms with van der Waals surface area (Å²) in [6, 6.07) is 25.3. The SMILES string of the molecule is CN(Cc1ccccc1)CC(NC(=O)OCC1c2ccccc2-c2ccccc21)C(=O)N1CC2CC2(C(=O)O)C1. The van der Waals surface area contributed by atoms with E-state index in [0.717, 1.165) is 27.8 Å². The molecule has 3 aliphatic rings. The number of rotatable bonds is 9. The van der Waals surface area contributed by atoms with E-state index in [9.17, 15) is 19.5 Å². The smallest absolute Gasteiger partial charge is 0.407 e. The second-order valence-corrected chi connectivity index (χ2v) is 11.3. The van der Waals surface area contributed by atoms with Crippen LogP contribution in [-0.4, -0.2) is 72.2 Å². The van der Waals surface area contributed by atoms with E-state index in [1.54, 1.807) is 4.90 Å². The van der Waals surface area contributed by atoms with E-state index < -0.39 is 23.5 Å². The molecule has 2 fully saturated rings. The van der Waals surface area contributed by atoms with Gasteiger partial charge in [0.15, 0.2) is 0 Å². The number of likely N-dealkylation sites (N-methyl/N-ethyl adjacent to an activating group) is 1. The first-order valence-corrected chi connectivity index (χ1v) is 13.7. The van der Waals surface area contributed by atoms with Gasteiger partial charge in [-0.1, -0.05) is 78.9 Å². The molecule has 206 valence electrons. The van der Waals surface area contributed by atoms with E-state index >= 15 is 0 Å². The maximum Gasteiger partial charge on any atom is 0.407 e. The van der Waals surface area contributed by atoms with E-state index in [0.29, 0.717) is 19.5 Å². The molecule has 1 aliphatic heterocycles. The predicted octanol–water partition coefficient (Wildman–Crippen LogP) is 3.96. The molecule has 3 unspecified atom stereocenters. The minimum atomic E-state index is -0.868. The molecule has 2 aliphatic carbocycles. The lowest BCUT2D eigenvalue weighted by atomic mass is 9.98. The van der Waals surface area contributed by atoms with Gasteiger partial charge in [0.05, 0.1) is 5.41 Å². The Labute approximate surface area is 233 Å². The number of alkyl carbamates (subject to hydrolysis) is 1. The fourth-order valence-corrected chi connectivity index (χ4v) is 6.44. The third kappa shape index (κ3) is 4.84. The van der Waals surface area contributed by atoms with Crippen LogP contribution in [0.25, 0.3) is 11.1 Å². The minimum absolute atomic E-state index is 0.0221. The van der Waals surface area contributed by atoms with Gasteiger partial charge in [-0.25, -0.2) is 4.79 Å². The number of benzene rings is 3. The van der Waals surface area contributed by atoms with Crippen molar-refractivity contribution in [1.82, 2.24) is 15.1 Å². The molecule has 3 aromatic rings. The Hall–Kier alpha value is -4.17. The number of carbonyl (C=O) groups excluding carboxylic acids is 2. The summed E-state index contributed by atoms with van der Waals surface area (Å²) in [7, 11) is 1.90. The Morgan fingerprint density at radius 3 is 2.25 bits per heavy atom. The van der Waals surface area contributed by atoms with Gasteiger partial charge in [-0.05, 0) is 47.2 Å². The summed E-state index contributed by atoms with van der Waals surface area (Å²) in [5.41, 5.74) is 4.76. The van der Waals surface area contributed by atoms with Gasteiger partial charge in [-0.2, -0.15) is 0 Å². The number of hydrogen-bond donors (Lipinski definition) is 2. The lowest BCUT2D eigenvalue weighted by molar-refractivity contribution is -0.144. The van der Waals surface area contributed by atoms with Crippen LogP contribution in [0.1, 0.15) is 29.0 Å². The number of carboxylic acids is 1. The van der Waals surface area contributed by atoms with Crippen molar-refractivity contribution in [2.75, 3.05) is 33.3 Å². The molecule has 1 heterocycles. The van der Waals surface area contributed by atoms with E-state index in [1.165, 1.54) is 0 Å². The maximum atomic E-state index is 13.6. The van der Waals surface area contributed by atoms with Crippen LogP contribution in [0, 0.1) is 11.3 Å². The zero-order valence-corrected chi connectivity index (χ0v) is 22.5. The first kappa shape index (κ1) is 26.1. The Kier molecular flexibility index (Phi) is 6.80. The number of aliphatic carboxylic acids is 1. The fourth-order valence-electron chi connectivity index (χ4n) is 6.44. The molecule has 3 aromatic carbocycles. The van der Waals surface area contributed by atoms with Crippen molar-refractivity contribution in [3.05, 3.63) is 95.6 Å². The molecule has 2 N–H and O–H groups in total. The molecule has 0 aromatic heterocycles. The lowest BCUT2D eigenvalue weighted by Gasteiger charge is -2.29. The molecule has 1 saturated carbocycles. The minimum Gasteiger partial charge on any atom is -0.481 e. The first-order valence-electron chi connectivity index (χ1n) is 13.7. The van der Waals surface area contributed by atoms with E-state index in [1.807, 2.05) is 66.5 Å². The number of hydrogen-bond acceptors (Lipinski definition) is 5. The highest BCUT2D eigenvalue weighted by Gasteiger charge is 2.66. The standard InChI is InChI=1S/C32H33N3O5/c1-34(16-21-9-3-2-4-10-21)18-28(29(36)35-17-22-15-32(22,20-35)30(37)38)33-31(39)40-19-27-25-13-7-5-11-23(25)24-12-6-8-14-26(24)27/h2-14,22,27-28H,15-20H2,1H3,(H,33,39)(H,37,38). The van der Waals surface area contributed by atoms with Crippen molar-refractivity contribution >= 4 is 18.0 Å². The van der Waals surface area contributed by atoms with Gasteiger partial charge in [0.1, 0.15) is 12.6 Å². The van der Waals surface area contributed by atoms with Gasteiger partial charge >= 0.3 is 12.1 Å². The molecule has 8 nitrogen and oxygen atoms in total. The average Bonchev–Trinajstić information content (AvgIpc) is 3.38. The van der Waals surface area contributed by atoms with Crippen LogP contribution >= 0.6 is 0 Å². The third-order valence-electron chi connectivity index (χ3n) is 8.61. The molecule has 2 amide bonds. The first-order chi connectivity index (χ1) is 19.4. The number of likely N-dealkylation sites (tertiary alicyclic amines) is 1. The second kappa shape index (κ2) is 10.4. The largest absolute Gasteiger partial charge is 0.481 e. The summed E-state index contributed by atoms with van der Waals surface area (Å²) in [5.74, 6) is -1.24. The molecule has 6 rings (SSSR count). The third-order valence-corrected chi connectivity index (χ3v) is 8.61. The highest BCUT2D eigenvalue weighted by atomic mass is 16.5. The van der Waals surface area contributed by atoms with Crippen LogP contribution < -0.4 is 5.32 Å². The molecule has 8 heteroatoms. The van der Waals surface area contributed by atoms with Gasteiger partial charge in [-0.15, -0.1) is 0 Å². The molecule has 0 radical (unpaired) electrons. The van der Waals surface area contributed by atoms with Gasteiger partial charge in [0.25, 0.3) is 0 Å². The number of nitrogens with one attached hydrogen (secondary N) is 1. The number of ether oxygens (including phenoxy) is 1. The summed E-state index contributed by atoms with van der Waals surface area (Å²) >= 11 is 0. The predicted molar refractivity (Wildman–Crippen MR) is 150 cm³/mol. The second-order valence-electron chi connectivity index (χ2n) is 11.3. The summed E-state index contributed by atoms with van der Waals surface area (Å²) in [6.07, 6.45) is -0.0598. The van der Waals surface area contributed by atoms with Crippen molar-refractivity contribution < 1.29 is 24.2 Å². The van der Waals surface area contributed by atoms with E-state index in [-0.39, 0.29) is 37.4 Å². The summed E-state index contributed by atoms with van der Waals surface area (Å²) in [4.78, 5) is 42.1. The average molecular weight is 540 g/mol. The van der Waals surface area contributed by atoms with E-state index in [2.05, 4.69) is 29.6 Å². The topological polar surface area (TPSA) is 99.2 Å². The summed E-state index contributed by atoms with van der Waals surface area (Å²) in [5, 5.41) is 12.5. The Morgan fingerprint density at radius 1 is 1.00 bits per heavy atom. The van der Waals surface area contributed by atoms with E-state index in [4.69, 9.17) is 4.74 Å². The fraction of sp³-hybridized carbons (Fsp3) is 0.344. The van der Waals surface area contributed by atoms with Gasteiger partial charge in [0.2, 0.25) is 5.91 Å². The molecular formula is C32H33N3O5. The quantitative estimate of drug-likeness (QED) is 0.427. The Bertz CT molecular complexity index is 1400. The summed E-state index contributed by atoms with van der Waals surface area (Å²) < 4.78 is 5.74. The van der Waals surface area contributed by atoms with Crippen LogP contribution in [0.4, 0.5) is 4.79 Å². The van der Waals surface area contributed by atoms with Gasteiger partial charge < -0.3 is 20.1 Å². The molecule has 0 bridgehead atoms. The van der Waals surface area contributed by atoms with Crippen molar-refractivity contribution in [2.45, 2.75) is 24.9 Å².